The third kappa shape index (κ3) is 2.54. The van der Waals surface area contributed by atoms with Gasteiger partial charge in [0.2, 0.25) is 5.95 Å². The summed E-state index contributed by atoms with van der Waals surface area (Å²) in [6, 6.07) is 6.40. The van der Waals surface area contributed by atoms with Gasteiger partial charge in [0, 0.05) is 18.4 Å². The number of aromatic nitrogens is 2. The molecular formula is C17H19N3O2. The smallest absolute Gasteiger partial charge is 0.341 e. The summed E-state index contributed by atoms with van der Waals surface area (Å²) in [4.78, 5) is 22.8. The molecule has 0 unspecified atom stereocenters. The second kappa shape index (κ2) is 5.75. The first-order valence-corrected chi connectivity index (χ1v) is 7.48. The first kappa shape index (κ1) is 14.5. The molecule has 0 aliphatic carbocycles. The minimum absolute atomic E-state index is 0.346. The standard InChI is InChI=1S/C17H19N3O2/c1-4-22-16(21)14-10-18-17(19-12(14)3)20-8-7-13-9-11(2)5-6-15(13)20/h5-6,9-10H,4,7-8H2,1-3H3. The number of fused-ring (bicyclic) bond motifs is 1. The summed E-state index contributed by atoms with van der Waals surface area (Å²) in [5.74, 6) is 0.261. The van der Waals surface area contributed by atoms with Gasteiger partial charge in [-0.3, -0.25) is 0 Å². The fraction of sp³-hybridized carbons (Fsp3) is 0.353. The van der Waals surface area contributed by atoms with Gasteiger partial charge < -0.3 is 9.64 Å². The number of nitrogens with zero attached hydrogens (tertiary/aromatic N) is 3. The molecule has 2 heterocycles. The van der Waals surface area contributed by atoms with Gasteiger partial charge in [-0.25, -0.2) is 14.8 Å². The number of rotatable bonds is 3. The predicted molar refractivity (Wildman–Crippen MR) is 84.6 cm³/mol. The SMILES string of the molecule is CCOC(=O)c1cnc(N2CCc3cc(C)ccc32)nc1C. The molecule has 1 aromatic carbocycles. The van der Waals surface area contributed by atoms with Crippen molar-refractivity contribution >= 4 is 17.6 Å². The molecule has 0 saturated heterocycles. The zero-order valence-electron chi connectivity index (χ0n) is 13.1. The van der Waals surface area contributed by atoms with Gasteiger partial charge in [0.25, 0.3) is 0 Å². The molecular weight excluding hydrogens is 278 g/mol. The molecule has 0 bridgehead atoms. The van der Waals surface area contributed by atoms with E-state index >= 15 is 0 Å². The molecule has 3 rings (SSSR count). The first-order valence-electron chi connectivity index (χ1n) is 7.48. The number of aryl methyl sites for hydroxylation is 2. The Morgan fingerprint density at radius 2 is 2.18 bits per heavy atom. The van der Waals surface area contributed by atoms with Gasteiger partial charge in [0.1, 0.15) is 0 Å². The normalized spacial score (nSPS) is 13.1. The molecule has 2 aromatic rings. The predicted octanol–water partition coefficient (Wildman–Crippen LogP) is 2.96. The molecule has 5 heteroatoms. The van der Waals surface area contributed by atoms with Crippen LogP contribution in [0.2, 0.25) is 0 Å². The highest BCUT2D eigenvalue weighted by atomic mass is 16.5. The number of esters is 1. The third-order valence-electron chi connectivity index (χ3n) is 3.83. The van der Waals surface area contributed by atoms with E-state index < -0.39 is 0 Å². The Labute approximate surface area is 130 Å². The molecule has 0 spiro atoms. The first-order chi connectivity index (χ1) is 10.6. The Morgan fingerprint density at radius 1 is 1.36 bits per heavy atom. The quantitative estimate of drug-likeness (QED) is 0.815. The van der Waals surface area contributed by atoms with Crippen LogP contribution in [0.15, 0.2) is 24.4 Å². The summed E-state index contributed by atoms with van der Waals surface area (Å²) in [5.41, 5.74) is 4.79. The molecule has 1 aliphatic heterocycles. The number of ether oxygens (including phenoxy) is 1. The number of benzene rings is 1. The molecule has 5 nitrogen and oxygen atoms in total. The van der Waals surface area contributed by atoms with E-state index in [9.17, 15) is 4.79 Å². The van der Waals surface area contributed by atoms with E-state index in [2.05, 4.69) is 40.0 Å². The maximum absolute atomic E-state index is 11.8. The number of carbonyl (C=O) groups is 1. The lowest BCUT2D eigenvalue weighted by molar-refractivity contribution is 0.0524. The molecule has 22 heavy (non-hydrogen) atoms. The van der Waals surface area contributed by atoms with Gasteiger partial charge in [0.15, 0.2) is 0 Å². The largest absolute Gasteiger partial charge is 0.462 e. The van der Waals surface area contributed by atoms with Crippen LogP contribution in [0.1, 0.15) is 34.1 Å². The Hall–Kier alpha value is -2.43. The summed E-state index contributed by atoms with van der Waals surface area (Å²) in [6.07, 6.45) is 2.54. The molecule has 0 amide bonds. The van der Waals surface area contributed by atoms with Crippen molar-refractivity contribution in [3.8, 4) is 0 Å². The van der Waals surface area contributed by atoms with Crippen LogP contribution in [0.5, 0.6) is 0 Å². The fourth-order valence-electron chi connectivity index (χ4n) is 2.73. The van der Waals surface area contributed by atoms with Crippen molar-refractivity contribution in [1.29, 1.82) is 0 Å². The number of hydrogen-bond acceptors (Lipinski definition) is 5. The summed E-state index contributed by atoms with van der Waals surface area (Å²) < 4.78 is 5.01. The van der Waals surface area contributed by atoms with Gasteiger partial charge in [-0.05, 0) is 38.8 Å². The monoisotopic (exact) mass is 297 g/mol. The zero-order valence-corrected chi connectivity index (χ0v) is 13.1. The summed E-state index contributed by atoms with van der Waals surface area (Å²) in [6.45, 7) is 6.89. The van der Waals surface area contributed by atoms with Crippen molar-refractivity contribution in [2.75, 3.05) is 18.1 Å². The average Bonchev–Trinajstić information content (AvgIpc) is 2.90. The van der Waals surface area contributed by atoms with Crippen LogP contribution < -0.4 is 4.90 Å². The van der Waals surface area contributed by atoms with Crippen LogP contribution in [-0.2, 0) is 11.2 Å². The van der Waals surface area contributed by atoms with Crippen LogP contribution in [0, 0.1) is 13.8 Å². The number of anilines is 2. The third-order valence-corrected chi connectivity index (χ3v) is 3.83. The van der Waals surface area contributed by atoms with E-state index in [1.807, 2.05) is 6.92 Å². The van der Waals surface area contributed by atoms with Crippen molar-refractivity contribution in [2.24, 2.45) is 0 Å². The lowest BCUT2D eigenvalue weighted by Crippen LogP contribution is -2.18. The summed E-state index contributed by atoms with van der Waals surface area (Å²) in [5, 5.41) is 0. The lowest BCUT2D eigenvalue weighted by atomic mass is 10.1. The van der Waals surface area contributed by atoms with E-state index in [1.165, 1.54) is 11.1 Å². The van der Waals surface area contributed by atoms with E-state index in [0.29, 0.717) is 23.8 Å². The van der Waals surface area contributed by atoms with Crippen molar-refractivity contribution in [3.05, 3.63) is 46.8 Å². The molecule has 0 fully saturated rings. The van der Waals surface area contributed by atoms with Crippen molar-refractivity contribution < 1.29 is 9.53 Å². The summed E-state index contributed by atoms with van der Waals surface area (Å²) >= 11 is 0. The molecule has 0 atom stereocenters. The molecule has 0 saturated carbocycles. The maximum atomic E-state index is 11.8. The van der Waals surface area contributed by atoms with E-state index in [1.54, 1.807) is 13.1 Å². The second-order valence-corrected chi connectivity index (χ2v) is 5.42. The zero-order chi connectivity index (χ0) is 15.7. The Bertz CT molecular complexity index is 728. The van der Waals surface area contributed by atoms with Crippen LogP contribution >= 0.6 is 0 Å². The van der Waals surface area contributed by atoms with Gasteiger partial charge in [-0.1, -0.05) is 17.7 Å². The van der Waals surface area contributed by atoms with Crippen molar-refractivity contribution in [2.45, 2.75) is 27.2 Å². The minimum Gasteiger partial charge on any atom is -0.462 e. The van der Waals surface area contributed by atoms with Crippen molar-refractivity contribution in [3.63, 3.8) is 0 Å². The van der Waals surface area contributed by atoms with Crippen LogP contribution in [0.4, 0.5) is 11.6 Å². The molecule has 114 valence electrons. The minimum atomic E-state index is -0.371. The topological polar surface area (TPSA) is 55.3 Å². The van der Waals surface area contributed by atoms with Gasteiger partial charge >= 0.3 is 5.97 Å². The van der Waals surface area contributed by atoms with Crippen LogP contribution in [0.25, 0.3) is 0 Å². The molecule has 1 aliphatic rings. The highest BCUT2D eigenvalue weighted by Crippen LogP contribution is 2.33. The number of carbonyl (C=O) groups excluding carboxylic acids is 1. The molecule has 0 N–H and O–H groups in total. The lowest BCUT2D eigenvalue weighted by Gasteiger charge is -2.18. The van der Waals surface area contributed by atoms with Crippen molar-refractivity contribution in [1.82, 2.24) is 9.97 Å². The summed E-state index contributed by atoms with van der Waals surface area (Å²) in [7, 11) is 0. The highest BCUT2D eigenvalue weighted by Gasteiger charge is 2.23. The fourth-order valence-corrected chi connectivity index (χ4v) is 2.73. The number of hydrogen-bond donors (Lipinski definition) is 0. The van der Waals surface area contributed by atoms with Gasteiger partial charge in [-0.15, -0.1) is 0 Å². The Kier molecular flexibility index (Phi) is 3.79. The van der Waals surface area contributed by atoms with Gasteiger partial charge in [-0.2, -0.15) is 0 Å². The second-order valence-electron chi connectivity index (χ2n) is 5.42. The maximum Gasteiger partial charge on any atom is 0.341 e. The molecule has 1 aromatic heterocycles. The molecule has 0 radical (unpaired) electrons. The van der Waals surface area contributed by atoms with Gasteiger partial charge in [0.05, 0.1) is 17.9 Å². The van der Waals surface area contributed by atoms with Crippen LogP contribution in [-0.4, -0.2) is 29.1 Å². The highest BCUT2D eigenvalue weighted by molar-refractivity contribution is 5.90. The van der Waals surface area contributed by atoms with E-state index in [0.717, 1.165) is 18.7 Å². The average molecular weight is 297 g/mol. The van der Waals surface area contributed by atoms with Crippen LogP contribution in [0.3, 0.4) is 0 Å². The van der Waals surface area contributed by atoms with E-state index in [4.69, 9.17) is 4.74 Å². The Balaban J connectivity index is 1.92. The Morgan fingerprint density at radius 3 is 2.91 bits per heavy atom. The van der Waals surface area contributed by atoms with E-state index in [-0.39, 0.29) is 5.97 Å².